The summed E-state index contributed by atoms with van der Waals surface area (Å²) in [5.41, 5.74) is 6.61. The van der Waals surface area contributed by atoms with E-state index in [0.29, 0.717) is 17.7 Å². The second-order valence-corrected chi connectivity index (χ2v) is 5.23. The molecule has 1 heterocycles. The Kier molecular flexibility index (Phi) is 1.21. The first-order chi connectivity index (χ1) is 6.09. The van der Waals surface area contributed by atoms with Gasteiger partial charge in [-0.3, -0.25) is 15.6 Å². The van der Waals surface area contributed by atoms with Crippen LogP contribution in [0.4, 0.5) is 0 Å². The Morgan fingerprint density at radius 2 is 2.23 bits per heavy atom. The number of carbonyl (C=O) groups excluding carboxylic acids is 1. The van der Waals surface area contributed by atoms with E-state index in [1.54, 1.807) is 0 Å². The lowest BCUT2D eigenvalue weighted by atomic mass is 9.66. The van der Waals surface area contributed by atoms with Gasteiger partial charge in [0, 0.05) is 24.4 Å². The Morgan fingerprint density at radius 3 is 2.85 bits per heavy atom. The number of hydrazine groups is 1. The van der Waals surface area contributed by atoms with Crippen LogP contribution in [0.5, 0.6) is 0 Å². The molecule has 2 aliphatic carbocycles. The minimum absolute atomic E-state index is 0.0943. The summed E-state index contributed by atoms with van der Waals surface area (Å²) < 4.78 is 0. The lowest BCUT2D eigenvalue weighted by Gasteiger charge is -2.44. The van der Waals surface area contributed by atoms with E-state index in [0.717, 1.165) is 13.0 Å². The number of rotatable bonds is 0. The van der Waals surface area contributed by atoms with Crippen LogP contribution < -0.4 is 10.9 Å². The molecular weight excluding hydrogens is 164 g/mol. The molecule has 72 valence electrons. The molecular formula is C10H16N2O. The molecule has 1 aliphatic heterocycles. The first-order valence-corrected chi connectivity index (χ1v) is 5.11. The Balaban J connectivity index is 2.17. The summed E-state index contributed by atoms with van der Waals surface area (Å²) >= 11 is 0. The number of hydrogen-bond acceptors (Lipinski definition) is 3. The molecule has 4 atom stereocenters. The predicted octanol–water partition coefficient (Wildman–Crippen LogP) is 0.468. The molecule has 3 rings (SSSR count). The van der Waals surface area contributed by atoms with E-state index in [2.05, 4.69) is 24.7 Å². The van der Waals surface area contributed by atoms with Gasteiger partial charge in [0.15, 0.2) is 0 Å². The number of Topliss-reactive ketones (excluding diaryl/α,β-unsaturated/α-hetero) is 1. The third-order valence-corrected chi connectivity index (χ3v) is 5.05. The predicted molar refractivity (Wildman–Crippen MR) is 48.9 cm³/mol. The highest BCUT2D eigenvalue weighted by Gasteiger charge is 2.69. The normalized spacial score (nSPS) is 58.8. The van der Waals surface area contributed by atoms with Crippen LogP contribution in [0, 0.1) is 16.7 Å². The standard InChI is InChI=1S/C10H16N2O/c1-9-5-11-12-7-3-6(9)4-8(13)10(7,9)2/h6-7,11-12H,3-5H2,1-2H3. The van der Waals surface area contributed by atoms with Crippen LogP contribution in [0.25, 0.3) is 0 Å². The number of hydrogen-bond donors (Lipinski definition) is 2. The van der Waals surface area contributed by atoms with E-state index in [1.807, 2.05) is 0 Å². The first kappa shape index (κ1) is 7.94. The summed E-state index contributed by atoms with van der Waals surface area (Å²) in [5, 5.41) is 0. The zero-order valence-corrected chi connectivity index (χ0v) is 8.18. The van der Waals surface area contributed by atoms with Gasteiger partial charge >= 0.3 is 0 Å². The molecule has 2 saturated carbocycles. The topological polar surface area (TPSA) is 41.1 Å². The third kappa shape index (κ3) is 0.616. The minimum atomic E-state index is -0.0943. The Morgan fingerprint density at radius 1 is 1.46 bits per heavy atom. The second-order valence-electron chi connectivity index (χ2n) is 5.23. The van der Waals surface area contributed by atoms with Crippen LogP contribution in [0.2, 0.25) is 0 Å². The number of nitrogens with one attached hydrogen (secondary N) is 2. The molecule has 3 fully saturated rings. The van der Waals surface area contributed by atoms with Gasteiger partial charge in [0.1, 0.15) is 5.78 Å². The Hall–Kier alpha value is -0.410. The molecule has 3 aliphatic rings. The first-order valence-electron chi connectivity index (χ1n) is 5.11. The van der Waals surface area contributed by atoms with Crippen LogP contribution in [0.15, 0.2) is 0 Å². The molecule has 3 nitrogen and oxygen atoms in total. The molecule has 3 heteroatoms. The van der Waals surface area contributed by atoms with Crippen molar-refractivity contribution in [3.63, 3.8) is 0 Å². The van der Waals surface area contributed by atoms with Crippen LogP contribution in [-0.2, 0) is 4.79 Å². The SMILES string of the molecule is CC12CNNC3CC1CC(=O)C32C. The van der Waals surface area contributed by atoms with Crippen molar-refractivity contribution in [3.8, 4) is 0 Å². The largest absolute Gasteiger partial charge is 0.299 e. The Bertz CT molecular complexity index is 291. The fraction of sp³-hybridized carbons (Fsp3) is 0.900. The van der Waals surface area contributed by atoms with Gasteiger partial charge < -0.3 is 0 Å². The second kappa shape index (κ2) is 1.98. The van der Waals surface area contributed by atoms with Crippen molar-refractivity contribution in [1.82, 2.24) is 10.9 Å². The van der Waals surface area contributed by atoms with Crippen molar-refractivity contribution < 1.29 is 4.79 Å². The van der Waals surface area contributed by atoms with Crippen molar-refractivity contribution in [3.05, 3.63) is 0 Å². The zero-order valence-electron chi connectivity index (χ0n) is 8.18. The molecule has 2 N–H and O–H groups in total. The molecule has 0 radical (unpaired) electrons. The van der Waals surface area contributed by atoms with Gasteiger partial charge in [-0.15, -0.1) is 0 Å². The van der Waals surface area contributed by atoms with Gasteiger partial charge in [0.05, 0.1) is 0 Å². The lowest BCUT2D eigenvalue weighted by molar-refractivity contribution is -0.131. The van der Waals surface area contributed by atoms with Crippen LogP contribution in [0.1, 0.15) is 26.7 Å². The van der Waals surface area contributed by atoms with E-state index < -0.39 is 0 Å². The minimum Gasteiger partial charge on any atom is -0.299 e. The Labute approximate surface area is 78.2 Å². The third-order valence-electron chi connectivity index (χ3n) is 5.05. The van der Waals surface area contributed by atoms with Gasteiger partial charge in [-0.2, -0.15) is 0 Å². The fourth-order valence-corrected chi connectivity index (χ4v) is 3.75. The highest BCUT2D eigenvalue weighted by Crippen LogP contribution is 2.64. The smallest absolute Gasteiger partial charge is 0.141 e. The van der Waals surface area contributed by atoms with Crippen molar-refractivity contribution in [2.24, 2.45) is 16.7 Å². The monoisotopic (exact) mass is 180 g/mol. The number of ketones is 1. The average molecular weight is 180 g/mol. The summed E-state index contributed by atoms with van der Waals surface area (Å²) in [6.07, 6.45) is 1.98. The van der Waals surface area contributed by atoms with Gasteiger partial charge in [-0.05, 0) is 17.8 Å². The molecule has 4 bridgehead atoms. The summed E-state index contributed by atoms with van der Waals surface area (Å²) in [5.74, 6) is 1.09. The van der Waals surface area contributed by atoms with E-state index in [-0.39, 0.29) is 10.8 Å². The summed E-state index contributed by atoms with van der Waals surface area (Å²) in [6.45, 7) is 5.37. The van der Waals surface area contributed by atoms with E-state index in [9.17, 15) is 4.79 Å². The molecule has 0 amide bonds. The molecule has 0 aromatic rings. The molecule has 1 saturated heterocycles. The molecule has 0 spiro atoms. The quantitative estimate of drug-likeness (QED) is 0.569. The van der Waals surface area contributed by atoms with E-state index in [4.69, 9.17) is 0 Å². The van der Waals surface area contributed by atoms with Crippen molar-refractivity contribution in [2.45, 2.75) is 32.7 Å². The maximum Gasteiger partial charge on any atom is 0.141 e. The van der Waals surface area contributed by atoms with Gasteiger partial charge in [0.25, 0.3) is 0 Å². The van der Waals surface area contributed by atoms with Crippen molar-refractivity contribution >= 4 is 5.78 Å². The maximum atomic E-state index is 11.9. The van der Waals surface area contributed by atoms with Crippen LogP contribution in [0.3, 0.4) is 0 Å². The summed E-state index contributed by atoms with van der Waals surface area (Å²) in [7, 11) is 0. The van der Waals surface area contributed by atoms with Crippen LogP contribution >= 0.6 is 0 Å². The molecule has 0 aromatic heterocycles. The van der Waals surface area contributed by atoms with Crippen molar-refractivity contribution in [1.29, 1.82) is 0 Å². The summed E-state index contributed by atoms with van der Waals surface area (Å²) in [6, 6.07) is 0.373. The van der Waals surface area contributed by atoms with E-state index in [1.165, 1.54) is 6.42 Å². The average Bonchev–Trinajstić information content (AvgIpc) is 2.36. The molecule has 4 unspecified atom stereocenters. The fourth-order valence-electron chi connectivity index (χ4n) is 3.75. The maximum absolute atomic E-state index is 11.9. The van der Waals surface area contributed by atoms with E-state index >= 15 is 0 Å². The van der Waals surface area contributed by atoms with Gasteiger partial charge in [-0.25, -0.2) is 0 Å². The van der Waals surface area contributed by atoms with Gasteiger partial charge in [0.2, 0.25) is 0 Å². The highest BCUT2D eigenvalue weighted by molar-refractivity contribution is 5.90. The van der Waals surface area contributed by atoms with Gasteiger partial charge in [-0.1, -0.05) is 13.8 Å². The molecule has 0 aromatic carbocycles. The summed E-state index contributed by atoms with van der Waals surface area (Å²) in [4.78, 5) is 11.9. The van der Waals surface area contributed by atoms with Crippen molar-refractivity contribution in [2.75, 3.05) is 6.54 Å². The number of carbonyl (C=O) groups is 1. The lowest BCUT2D eigenvalue weighted by Crippen LogP contribution is -2.62. The van der Waals surface area contributed by atoms with Crippen LogP contribution in [-0.4, -0.2) is 18.4 Å². The molecule has 13 heavy (non-hydrogen) atoms. The highest BCUT2D eigenvalue weighted by atomic mass is 16.1. The zero-order chi connectivity index (χ0) is 9.27.